The first kappa shape index (κ1) is 7.28. The highest BCUT2D eigenvalue weighted by Gasteiger charge is 2.21. The van der Waals surface area contributed by atoms with E-state index in [0.717, 1.165) is 19.5 Å². The van der Waals surface area contributed by atoms with Crippen molar-refractivity contribution in [1.29, 1.82) is 0 Å². The van der Waals surface area contributed by atoms with E-state index in [1.165, 1.54) is 0 Å². The summed E-state index contributed by atoms with van der Waals surface area (Å²) in [5.41, 5.74) is 0.338. The molecule has 1 heterocycles. The summed E-state index contributed by atoms with van der Waals surface area (Å²) >= 11 is 0. The zero-order valence-electron chi connectivity index (χ0n) is 5.76. The second-order valence-corrected chi connectivity index (χ2v) is 2.52. The van der Waals surface area contributed by atoms with Gasteiger partial charge in [0.2, 0.25) is 0 Å². The van der Waals surface area contributed by atoms with Crippen LogP contribution in [0.3, 0.4) is 0 Å². The Bertz CT molecular complexity index is 159. The third-order valence-corrected chi connectivity index (χ3v) is 1.83. The number of aliphatic carboxylic acids is 1. The van der Waals surface area contributed by atoms with Crippen LogP contribution in [0.4, 0.5) is 0 Å². The largest absolute Gasteiger partial charge is 0.478 e. The molecule has 0 amide bonds. The van der Waals surface area contributed by atoms with E-state index in [0.29, 0.717) is 5.57 Å². The highest BCUT2D eigenvalue weighted by atomic mass is 16.4. The molecule has 3 heteroatoms. The molecule has 1 unspecified atom stereocenters. The Labute approximate surface area is 59.7 Å². The monoisotopic (exact) mass is 141 g/mol. The van der Waals surface area contributed by atoms with Gasteiger partial charge in [-0.05, 0) is 13.0 Å². The van der Waals surface area contributed by atoms with Crippen LogP contribution < -0.4 is 5.32 Å². The highest BCUT2D eigenvalue weighted by Crippen LogP contribution is 2.16. The molecule has 0 aromatic heterocycles. The minimum absolute atomic E-state index is 0.150. The molecule has 0 aliphatic carbocycles. The predicted octanol–water partition coefficient (Wildman–Crippen LogP) is 0.237. The van der Waals surface area contributed by atoms with E-state index in [9.17, 15) is 4.79 Å². The quantitative estimate of drug-likeness (QED) is 0.541. The zero-order chi connectivity index (χ0) is 7.56. The van der Waals surface area contributed by atoms with Crippen molar-refractivity contribution >= 4 is 5.97 Å². The molecule has 56 valence electrons. The summed E-state index contributed by atoms with van der Waals surface area (Å²) in [7, 11) is 0. The topological polar surface area (TPSA) is 49.3 Å². The molecule has 0 saturated carbocycles. The van der Waals surface area contributed by atoms with E-state index in [-0.39, 0.29) is 5.92 Å². The van der Waals surface area contributed by atoms with Crippen molar-refractivity contribution < 1.29 is 9.90 Å². The second kappa shape index (κ2) is 2.84. The van der Waals surface area contributed by atoms with Crippen molar-refractivity contribution in [2.75, 3.05) is 13.1 Å². The third kappa shape index (κ3) is 1.36. The maximum atomic E-state index is 10.4. The standard InChI is InChI=1S/C7H11NO2/c1-5(7(9)10)6-2-3-8-4-6/h6,8H,1-4H2,(H,9,10). The van der Waals surface area contributed by atoms with Gasteiger partial charge in [-0.25, -0.2) is 4.79 Å². The van der Waals surface area contributed by atoms with Crippen molar-refractivity contribution in [3.05, 3.63) is 12.2 Å². The molecular formula is C7H11NO2. The van der Waals surface area contributed by atoms with Gasteiger partial charge < -0.3 is 10.4 Å². The van der Waals surface area contributed by atoms with Gasteiger partial charge in [0.1, 0.15) is 0 Å². The Hall–Kier alpha value is -0.830. The minimum Gasteiger partial charge on any atom is -0.478 e. The summed E-state index contributed by atoms with van der Waals surface area (Å²) in [6, 6.07) is 0. The van der Waals surface area contributed by atoms with E-state index in [1.807, 2.05) is 0 Å². The van der Waals surface area contributed by atoms with E-state index < -0.39 is 5.97 Å². The number of hydrogen-bond donors (Lipinski definition) is 2. The molecule has 0 aromatic carbocycles. The van der Waals surface area contributed by atoms with Gasteiger partial charge in [-0.3, -0.25) is 0 Å². The van der Waals surface area contributed by atoms with E-state index in [1.54, 1.807) is 0 Å². The van der Waals surface area contributed by atoms with E-state index in [2.05, 4.69) is 11.9 Å². The van der Waals surface area contributed by atoms with Crippen molar-refractivity contribution in [2.45, 2.75) is 6.42 Å². The first-order chi connectivity index (χ1) is 4.72. The van der Waals surface area contributed by atoms with Crippen LogP contribution in [0.25, 0.3) is 0 Å². The van der Waals surface area contributed by atoms with Gasteiger partial charge in [0, 0.05) is 18.0 Å². The summed E-state index contributed by atoms with van der Waals surface area (Å²) in [6.45, 7) is 5.18. The second-order valence-electron chi connectivity index (χ2n) is 2.52. The number of hydrogen-bond acceptors (Lipinski definition) is 2. The lowest BCUT2D eigenvalue weighted by Crippen LogP contribution is -2.14. The molecule has 1 atom stereocenters. The van der Waals surface area contributed by atoms with Crippen LogP contribution in [-0.4, -0.2) is 24.2 Å². The van der Waals surface area contributed by atoms with Crippen LogP contribution in [0.2, 0.25) is 0 Å². The molecule has 1 rings (SSSR count). The van der Waals surface area contributed by atoms with Gasteiger partial charge >= 0.3 is 5.97 Å². The Balaban J connectivity index is 2.48. The molecule has 3 nitrogen and oxygen atoms in total. The van der Waals surface area contributed by atoms with Gasteiger partial charge in [0.05, 0.1) is 0 Å². The summed E-state index contributed by atoms with van der Waals surface area (Å²) in [5, 5.41) is 11.6. The summed E-state index contributed by atoms with van der Waals surface area (Å²) in [5.74, 6) is -0.716. The maximum Gasteiger partial charge on any atom is 0.331 e. The molecule has 1 fully saturated rings. The van der Waals surface area contributed by atoms with E-state index >= 15 is 0 Å². The smallest absolute Gasteiger partial charge is 0.331 e. The Morgan fingerprint density at radius 1 is 1.70 bits per heavy atom. The SMILES string of the molecule is C=C(C(=O)O)C1CCNC1. The molecule has 1 aliphatic rings. The van der Waals surface area contributed by atoms with Crippen LogP contribution in [0.5, 0.6) is 0 Å². The number of carboxylic acid groups (broad SMARTS) is 1. The predicted molar refractivity (Wildman–Crippen MR) is 37.8 cm³/mol. The first-order valence-electron chi connectivity index (χ1n) is 3.34. The minimum atomic E-state index is -0.867. The highest BCUT2D eigenvalue weighted by molar-refractivity contribution is 5.86. The first-order valence-corrected chi connectivity index (χ1v) is 3.34. The fourth-order valence-corrected chi connectivity index (χ4v) is 1.13. The van der Waals surface area contributed by atoms with Gasteiger partial charge in [-0.15, -0.1) is 0 Å². The number of carbonyl (C=O) groups is 1. The molecule has 1 aliphatic heterocycles. The van der Waals surface area contributed by atoms with Gasteiger partial charge in [-0.2, -0.15) is 0 Å². The van der Waals surface area contributed by atoms with Crippen molar-refractivity contribution in [1.82, 2.24) is 5.32 Å². The van der Waals surface area contributed by atoms with Crippen molar-refractivity contribution in [2.24, 2.45) is 5.92 Å². The van der Waals surface area contributed by atoms with Crippen LogP contribution in [0.15, 0.2) is 12.2 Å². The average molecular weight is 141 g/mol. The van der Waals surface area contributed by atoms with Gasteiger partial charge in [-0.1, -0.05) is 6.58 Å². The van der Waals surface area contributed by atoms with Crippen LogP contribution >= 0.6 is 0 Å². The van der Waals surface area contributed by atoms with Crippen LogP contribution in [0.1, 0.15) is 6.42 Å². The Morgan fingerprint density at radius 2 is 2.40 bits per heavy atom. The maximum absolute atomic E-state index is 10.4. The van der Waals surface area contributed by atoms with Crippen LogP contribution in [0, 0.1) is 5.92 Å². The van der Waals surface area contributed by atoms with Crippen molar-refractivity contribution in [3.8, 4) is 0 Å². The van der Waals surface area contributed by atoms with Crippen LogP contribution in [-0.2, 0) is 4.79 Å². The molecule has 1 saturated heterocycles. The summed E-state index contributed by atoms with van der Waals surface area (Å²) in [4.78, 5) is 10.4. The number of nitrogens with one attached hydrogen (secondary N) is 1. The van der Waals surface area contributed by atoms with E-state index in [4.69, 9.17) is 5.11 Å². The third-order valence-electron chi connectivity index (χ3n) is 1.83. The molecule has 0 radical (unpaired) electrons. The number of rotatable bonds is 2. The molecule has 0 spiro atoms. The normalized spacial score (nSPS) is 24.6. The Morgan fingerprint density at radius 3 is 2.80 bits per heavy atom. The van der Waals surface area contributed by atoms with Gasteiger partial charge in [0.25, 0.3) is 0 Å². The summed E-state index contributed by atoms with van der Waals surface area (Å²) in [6.07, 6.45) is 0.908. The molecule has 10 heavy (non-hydrogen) atoms. The molecule has 0 aromatic rings. The van der Waals surface area contributed by atoms with Gasteiger partial charge in [0.15, 0.2) is 0 Å². The molecule has 0 bridgehead atoms. The average Bonchev–Trinajstić information content (AvgIpc) is 2.36. The lowest BCUT2D eigenvalue weighted by Gasteiger charge is -2.05. The molecule has 2 N–H and O–H groups in total. The van der Waals surface area contributed by atoms with Crippen molar-refractivity contribution in [3.63, 3.8) is 0 Å². The lowest BCUT2D eigenvalue weighted by atomic mass is 10.0. The lowest BCUT2D eigenvalue weighted by molar-refractivity contribution is -0.133. The molecular weight excluding hydrogens is 130 g/mol. The Kier molecular flexibility index (Phi) is 2.06. The zero-order valence-corrected chi connectivity index (χ0v) is 5.76. The fraction of sp³-hybridized carbons (Fsp3) is 0.571. The number of carboxylic acids is 1. The summed E-state index contributed by atoms with van der Waals surface area (Å²) < 4.78 is 0. The fourth-order valence-electron chi connectivity index (χ4n) is 1.13.